The van der Waals surface area contributed by atoms with Crippen LogP contribution < -0.4 is 5.32 Å². The summed E-state index contributed by atoms with van der Waals surface area (Å²) >= 11 is 0. The van der Waals surface area contributed by atoms with E-state index in [0.29, 0.717) is 5.78 Å². The number of carbonyl (C=O) groups is 2. The highest BCUT2D eigenvalue weighted by Gasteiger charge is 2.41. The van der Waals surface area contributed by atoms with Gasteiger partial charge in [0, 0.05) is 51.8 Å². The fraction of sp³-hybridized carbons (Fsp3) is 0.417. The van der Waals surface area contributed by atoms with E-state index in [1.165, 1.54) is 21.8 Å². The van der Waals surface area contributed by atoms with E-state index in [9.17, 15) is 9.59 Å². The summed E-state index contributed by atoms with van der Waals surface area (Å²) in [5.41, 5.74) is 3.26. The lowest BCUT2D eigenvalue weighted by molar-refractivity contribution is -0.136. The minimum absolute atomic E-state index is 0.0410. The minimum atomic E-state index is -0.0410. The number of anilines is 1. The van der Waals surface area contributed by atoms with Gasteiger partial charge in [-0.1, -0.05) is 24.6 Å². The van der Waals surface area contributed by atoms with Crippen LogP contribution in [0.5, 0.6) is 0 Å². The topological polar surface area (TPSA) is 51.1 Å². The first-order valence-electron chi connectivity index (χ1n) is 10.5. The summed E-state index contributed by atoms with van der Waals surface area (Å²) in [6, 6.07) is 14.6. The zero-order chi connectivity index (χ0) is 19.3. The molecule has 1 N–H and O–H groups in total. The smallest absolute Gasteiger partial charge is 0.227 e. The quantitative estimate of drug-likeness (QED) is 0.689. The monoisotopic (exact) mass is 374 g/mol. The van der Waals surface area contributed by atoms with E-state index < -0.39 is 0 Å². The Morgan fingerprint density at radius 2 is 1.75 bits per heavy atom. The Labute approximate surface area is 164 Å². The van der Waals surface area contributed by atoms with Crippen molar-refractivity contribution in [3.63, 3.8) is 0 Å². The molecule has 2 fully saturated rings. The van der Waals surface area contributed by atoms with Crippen LogP contribution >= 0.6 is 0 Å². The lowest BCUT2D eigenvalue weighted by Gasteiger charge is -2.36. The van der Waals surface area contributed by atoms with E-state index in [-0.39, 0.29) is 23.7 Å². The molecule has 4 nitrogen and oxygen atoms in total. The zero-order valence-electron chi connectivity index (χ0n) is 16.3. The van der Waals surface area contributed by atoms with E-state index >= 15 is 0 Å². The number of aryl methyl sites for hydroxylation is 1. The number of rotatable bonds is 3. The van der Waals surface area contributed by atoms with E-state index in [0.717, 1.165) is 44.3 Å². The maximum atomic E-state index is 12.9. The normalized spacial score (nSPS) is 24.6. The number of amides is 1. The second-order valence-electron chi connectivity index (χ2n) is 8.38. The van der Waals surface area contributed by atoms with Gasteiger partial charge in [0.1, 0.15) is 5.78 Å². The van der Waals surface area contributed by atoms with Crippen molar-refractivity contribution < 1.29 is 9.59 Å². The summed E-state index contributed by atoms with van der Waals surface area (Å²) in [5.74, 6) is 0.647. The van der Waals surface area contributed by atoms with E-state index in [1.807, 2.05) is 6.07 Å². The maximum Gasteiger partial charge on any atom is 0.227 e. The maximum absolute atomic E-state index is 12.9. The van der Waals surface area contributed by atoms with Gasteiger partial charge in [-0.3, -0.25) is 9.59 Å². The van der Waals surface area contributed by atoms with Crippen LogP contribution in [-0.4, -0.2) is 16.3 Å². The van der Waals surface area contributed by atoms with Gasteiger partial charge >= 0.3 is 0 Å². The van der Waals surface area contributed by atoms with Crippen LogP contribution in [0, 0.1) is 17.8 Å². The van der Waals surface area contributed by atoms with Crippen LogP contribution in [0.25, 0.3) is 21.8 Å². The molecule has 2 aromatic carbocycles. The highest BCUT2D eigenvalue weighted by atomic mass is 16.2. The van der Waals surface area contributed by atoms with Crippen molar-refractivity contribution in [3.8, 4) is 0 Å². The first-order chi connectivity index (χ1) is 13.7. The van der Waals surface area contributed by atoms with Crippen LogP contribution in [0.3, 0.4) is 0 Å². The Morgan fingerprint density at radius 3 is 2.50 bits per heavy atom. The lowest BCUT2D eigenvalue weighted by Crippen LogP contribution is -2.40. The number of fused-ring (bicyclic) bond motifs is 5. The van der Waals surface area contributed by atoms with Crippen molar-refractivity contribution >= 4 is 39.2 Å². The largest absolute Gasteiger partial charge is 0.341 e. The van der Waals surface area contributed by atoms with Crippen LogP contribution in [0.4, 0.5) is 5.69 Å². The lowest BCUT2D eigenvalue weighted by atomic mass is 9.67. The first-order valence-corrected chi connectivity index (χ1v) is 10.5. The number of ketones is 1. The van der Waals surface area contributed by atoms with Gasteiger partial charge in [-0.05, 0) is 56.9 Å². The zero-order valence-corrected chi connectivity index (χ0v) is 16.3. The molecule has 0 saturated heterocycles. The van der Waals surface area contributed by atoms with Gasteiger partial charge in [0.2, 0.25) is 5.91 Å². The number of carbonyl (C=O) groups excluding carboxylic acids is 2. The molecular formula is C24H26N2O2. The number of para-hydroxylation sites is 1. The summed E-state index contributed by atoms with van der Waals surface area (Å²) in [4.78, 5) is 25.2. The molecule has 0 aliphatic heterocycles. The second kappa shape index (κ2) is 6.77. The third-order valence-electron chi connectivity index (χ3n) is 6.77. The molecule has 28 heavy (non-hydrogen) atoms. The third kappa shape index (κ3) is 2.74. The molecule has 0 radical (unpaired) electrons. The highest BCUT2D eigenvalue weighted by Crippen LogP contribution is 2.40. The average Bonchev–Trinajstić information content (AvgIpc) is 3.01. The predicted octanol–water partition coefficient (Wildman–Crippen LogP) is 5.15. The van der Waals surface area contributed by atoms with Crippen molar-refractivity contribution in [1.29, 1.82) is 0 Å². The molecule has 2 aliphatic rings. The van der Waals surface area contributed by atoms with Gasteiger partial charge in [-0.15, -0.1) is 0 Å². The molecule has 1 heterocycles. The molecule has 3 aromatic rings. The Morgan fingerprint density at radius 1 is 1.04 bits per heavy atom. The van der Waals surface area contributed by atoms with Crippen LogP contribution in [0.2, 0.25) is 0 Å². The van der Waals surface area contributed by atoms with Crippen molar-refractivity contribution in [2.24, 2.45) is 17.8 Å². The van der Waals surface area contributed by atoms with Crippen LogP contribution in [-0.2, 0) is 16.1 Å². The van der Waals surface area contributed by atoms with Crippen molar-refractivity contribution in [2.45, 2.75) is 45.6 Å². The van der Waals surface area contributed by atoms with E-state index in [1.54, 1.807) is 0 Å². The summed E-state index contributed by atoms with van der Waals surface area (Å²) in [5, 5.41) is 5.53. The van der Waals surface area contributed by atoms with Crippen molar-refractivity contribution in [1.82, 2.24) is 4.57 Å². The highest BCUT2D eigenvalue weighted by molar-refractivity contribution is 6.10. The molecule has 2 bridgehead atoms. The van der Waals surface area contributed by atoms with E-state index in [4.69, 9.17) is 0 Å². The minimum Gasteiger partial charge on any atom is -0.341 e. The summed E-state index contributed by atoms with van der Waals surface area (Å²) in [7, 11) is 0. The Balaban J connectivity index is 1.43. The van der Waals surface area contributed by atoms with Gasteiger partial charge in [0.25, 0.3) is 0 Å². The molecule has 4 heteroatoms. The summed E-state index contributed by atoms with van der Waals surface area (Å²) in [6.07, 6.45) is 4.49. The average molecular weight is 374 g/mol. The fourth-order valence-corrected chi connectivity index (χ4v) is 5.41. The van der Waals surface area contributed by atoms with E-state index in [2.05, 4.69) is 53.2 Å². The molecular weight excluding hydrogens is 348 g/mol. The number of nitrogens with one attached hydrogen (secondary N) is 1. The van der Waals surface area contributed by atoms with Crippen LogP contribution in [0.1, 0.15) is 39.0 Å². The predicted molar refractivity (Wildman–Crippen MR) is 112 cm³/mol. The number of hydrogen-bond donors (Lipinski definition) is 1. The van der Waals surface area contributed by atoms with Crippen LogP contribution in [0.15, 0.2) is 42.5 Å². The molecule has 2 unspecified atom stereocenters. The Hall–Kier alpha value is -2.62. The Bertz CT molecular complexity index is 1060. The van der Waals surface area contributed by atoms with Crippen molar-refractivity contribution in [2.75, 3.05) is 5.32 Å². The van der Waals surface area contributed by atoms with Gasteiger partial charge in [0.15, 0.2) is 0 Å². The molecule has 0 spiro atoms. The molecule has 2 atom stereocenters. The molecule has 1 aromatic heterocycles. The molecule has 2 aliphatic carbocycles. The molecule has 5 rings (SSSR count). The number of benzene rings is 2. The standard InChI is InChI=1S/C24H26N2O2/c1-2-26-21-9-4-3-8-19(21)20-14-18(10-11-22(20)26)25-24(28)17-12-15-6-5-7-16(13-17)23(15)27/h3-4,8-11,14-17H,2,5-7,12-13H2,1H3,(H,25,28). The van der Waals surface area contributed by atoms with Gasteiger partial charge in [-0.2, -0.15) is 0 Å². The molecule has 2 saturated carbocycles. The number of nitrogens with zero attached hydrogens (tertiary/aromatic N) is 1. The number of Topliss-reactive ketones (excluding diaryl/α,β-unsaturated/α-hetero) is 1. The number of hydrogen-bond acceptors (Lipinski definition) is 2. The third-order valence-corrected chi connectivity index (χ3v) is 6.77. The molecule has 144 valence electrons. The van der Waals surface area contributed by atoms with Gasteiger partial charge < -0.3 is 9.88 Å². The van der Waals surface area contributed by atoms with Gasteiger partial charge in [-0.25, -0.2) is 0 Å². The summed E-state index contributed by atoms with van der Waals surface area (Å²) in [6.45, 7) is 3.07. The summed E-state index contributed by atoms with van der Waals surface area (Å²) < 4.78 is 2.31. The first kappa shape index (κ1) is 17.5. The second-order valence-corrected chi connectivity index (χ2v) is 8.38. The van der Waals surface area contributed by atoms with Gasteiger partial charge in [0.05, 0.1) is 0 Å². The fourth-order valence-electron chi connectivity index (χ4n) is 5.41. The van der Waals surface area contributed by atoms with Crippen molar-refractivity contribution in [3.05, 3.63) is 42.5 Å². The number of aromatic nitrogens is 1. The Kier molecular flexibility index (Phi) is 4.22. The SMILES string of the molecule is CCn1c2ccccc2c2cc(NC(=O)C3CC4CCCC(C3)C4=O)ccc21. The molecule has 1 amide bonds.